The molecular weight excluding hydrogens is 498 g/mol. The fourth-order valence-electron chi connectivity index (χ4n) is 4.45. The number of hydrogen-bond acceptors (Lipinski definition) is 5. The van der Waals surface area contributed by atoms with Crippen LogP contribution < -0.4 is 9.47 Å². The summed E-state index contributed by atoms with van der Waals surface area (Å²) in [4.78, 5) is 15.6. The summed E-state index contributed by atoms with van der Waals surface area (Å²) < 4.78 is 41.6. The Labute approximate surface area is 216 Å². The van der Waals surface area contributed by atoms with Crippen LogP contribution in [0.1, 0.15) is 38.7 Å². The van der Waals surface area contributed by atoms with Crippen LogP contribution in [0, 0.1) is 17.1 Å². The number of carbonyl (C=O) groups is 1. The number of aromatic nitrogens is 1. The maximum absolute atomic E-state index is 15.3. The SMILES string of the molecule is N#Cc1cncc(COc2cc(O[C@@H]3c4cccc(-c5ccccc5F)c4C[C@H]3F)c(Cl)cc2C=O)c1. The van der Waals surface area contributed by atoms with Gasteiger partial charge in [-0.25, -0.2) is 8.78 Å². The molecule has 1 aliphatic rings. The Kier molecular flexibility index (Phi) is 6.85. The van der Waals surface area contributed by atoms with Gasteiger partial charge in [-0.3, -0.25) is 9.78 Å². The van der Waals surface area contributed by atoms with Crippen molar-refractivity contribution >= 4 is 17.9 Å². The smallest absolute Gasteiger partial charge is 0.155 e. The fourth-order valence-corrected chi connectivity index (χ4v) is 4.66. The topological polar surface area (TPSA) is 72.2 Å². The number of ether oxygens (including phenoxy) is 2. The number of hydrogen-bond donors (Lipinski definition) is 0. The molecule has 4 aromatic rings. The highest BCUT2D eigenvalue weighted by Gasteiger charge is 2.37. The van der Waals surface area contributed by atoms with E-state index in [1.165, 1.54) is 24.4 Å². The van der Waals surface area contributed by atoms with E-state index in [0.29, 0.717) is 39.7 Å². The van der Waals surface area contributed by atoms with Crippen molar-refractivity contribution in [2.24, 2.45) is 0 Å². The molecule has 8 heteroatoms. The van der Waals surface area contributed by atoms with Gasteiger partial charge < -0.3 is 9.47 Å². The van der Waals surface area contributed by atoms with E-state index in [0.717, 1.165) is 0 Å². The van der Waals surface area contributed by atoms with Crippen LogP contribution in [0.5, 0.6) is 11.5 Å². The molecule has 0 fully saturated rings. The second kappa shape index (κ2) is 10.4. The number of nitriles is 1. The number of nitrogens with zero attached hydrogens (tertiary/aromatic N) is 2. The summed E-state index contributed by atoms with van der Waals surface area (Å²) in [6.45, 7) is 0.0361. The third-order valence-electron chi connectivity index (χ3n) is 6.17. The first kappa shape index (κ1) is 24.4. The molecule has 1 heterocycles. The Hall–Kier alpha value is -4.28. The van der Waals surface area contributed by atoms with Gasteiger partial charge in [-0.05, 0) is 34.9 Å². The third-order valence-corrected chi connectivity index (χ3v) is 6.47. The zero-order chi connectivity index (χ0) is 25.9. The minimum Gasteiger partial charge on any atom is -0.488 e. The van der Waals surface area contributed by atoms with Gasteiger partial charge in [0, 0.05) is 36.0 Å². The Morgan fingerprint density at radius 1 is 1.08 bits per heavy atom. The summed E-state index contributed by atoms with van der Waals surface area (Å²) in [5, 5.41) is 9.18. The summed E-state index contributed by atoms with van der Waals surface area (Å²) in [5.41, 5.74) is 3.48. The first-order chi connectivity index (χ1) is 18.0. The van der Waals surface area contributed by atoms with E-state index in [4.69, 9.17) is 26.3 Å². The van der Waals surface area contributed by atoms with Crippen LogP contribution in [0.3, 0.4) is 0 Å². The molecule has 0 saturated carbocycles. The minimum atomic E-state index is -1.39. The molecular formula is C29H19ClF2N2O3. The van der Waals surface area contributed by atoms with Crippen LogP contribution in [-0.4, -0.2) is 17.4 Å². The molecule has 0 N–H and O–H groups in total. The Bertz CT molecular complexity index is 1540. The maximum atomic E-state index is 15.3. The summed E-state index contributed by atoms with van der Waals surface area (Å²) >= 11 is 6.38. The molecule has 5 nitrogen and oxygen atoms in total. The average molecular weight is 517 g/mol. The van der Waals surface area contributed by atoms with E-state index >= 15 is 4.39 Å². The van der Waals surface area contributed by atoms with Crippen molar-refractivity contribution in [3.63, 3.8) is 0 Å². The highest BCUT2D eigenvalue weighted by molar-refractivity contribution is 6.32. The number of fused-ring (bicyclic) bond motifs is 1. The summed E-state index contributed by atoms with van der Waals surface area (Å²) in [6.07, 6.45) is 1.25. The molecule has 3 aromatic carbocycles. The zero-order valence-corrected chi connectivity index (χ0v) is 20.1. The van der Waals surface area contributed by atoms with E-state index in [-0.39, 0.29) is 40.9 Å². The van der Waals surface area contributed by atoms with Gasteiger partial charge in [0.05, 0.1) is 16.1 Å². The standard InChI is InChI=1S/C29H19ClF2N2O3/c30-24-9-19(15-35)27(36-16-18-8-17(12-33)13-34-14-18)11-28(24)37-29-22-6-3-5-20(23(22)10-26(29)32)21-4-1-2-7-25(21)31/h1-9,11,13-15,26,29H,10,16H2/t26-,29-/m1/s1. The zero-order valence-electron chi connectivity index (χ0n) is 19.3. The lowest BCUT2D eigenvalue weighted by Crippen LogP contribution is -2.15. The van der Waals surface area contributed by atoms with Gasteiger partial charge in [0.1, 0.15) is 36.2 Å². The predicted octanol–water partition coefficient (Wildman–Crippen LogP) is 6.82. The molecule has 1 aliphatic carbocycles. The average Bonchev–Trinajstić information content (AvgIpc) is 3.24. The molecule has 184 valence electrons. The van der Waals surface area contributed by atoms with Crippen LogP contribution in [0.4, 0.5) is 8.78 Å². The van der Waals surface area contributed by atoms with Gasteiger partial charge in [0.15, 0.2) is 12.4 Å². The first-order valence-corrected chi connectivity index (χ1v) is 11.8. The second-order valence-electron chi connectivity index (χ2n) is 8.53. The first-order valence-electron chi connectivity index (χ1n) is 11.4. The highest BCUT2D eigenvalue weighted by atomic mass is 35.5. The second-order valence-corrected chi connectivity index (χ2v) is 8.94. The summed E-state index contributed by atoms with van der Waals surface area (Å²) in [7, 11) is 0. The van der Waals surface area contributed by atoms with Crippen molar-refractivity contribution in [3.8, 4) is 28.7 Å². The van der Waals surface area contributed by atoms with Gasteiger partial charge in [-0.15, -0.1) is 0 Å². The van der Waals surface area contributed by atoms with E-state index in [1.54, 1.807) is 48.7 Å². The number of carbonyl (C=O) groups excluding carboxylic acids is 1. The number of rotatable bonds is 7. The Morgan fingerprint density at radius 3 is 2.68 bits per heavy atom. The molecule has 0 saturated heterocycles. The number of aldehydes is 1. The fraction of sp³-hybridized carbons (Fsp3) is 0.138. The Morgan fingerprint density at radius 2 is 1.89 bits per heavy atom. The molecule has 0 aliphatic heterocycles. The van der Waals surface area contributed by atoms with E-state index in [9.17, 15) is 9.18 Å². The highest BCUT2D eigenvalue weighted by Crippen LogP contribution is 2.44. The largest absolute Gasteiger partial charge is 0.488 e. The molecule has 5 rings (SSSR count). The van der Waals surface area contributed by atoms with Crippen LogP contribution >= 0.6 is 11.6 Å². The van der Waals surface area contributed by atoms with Crippen LogP contribution in [-0.2, 0) is 13.0 Å². The minimum absolute atomic E-state index is 0.0361. The monoisotopic (exact) mass is 516 g/mol. The van der Waals surface area contributed by atoms with Gasteiger partial charge in [-0.2, -0.15) is 5.26 Å². The molecule has 0 bridgehead atoms. The van der Waals surface area contributed by atoms with Crippen LogP contribution in [0.15, 0.2) is 73.1 Å². The van der Waals surface area contributed by atoms with Gasteiger partial charge in [-0.1, -0.05) is 48.0 Å². The lowest BCUT2D eigenvalue weighted by atomic mass is 9.96. The number of halogens is 3. The van der Waals surface area contributed by atoms with Crippen molar-refractivity contribution in [2.45, 2.75) is 25.3 Å². The predicted molar refractivity (Wildman–Crippen MR) is 134 cm³/mol. The maximum Gasteiger partial charge on any atom is 0.155 e. The molecule has 0 unspecified atom stereocenters. The number of alkyl halides is 1. The van der Waals surface area contributed by atoms with Crippen molar-refractivity contribution < 1.29 is 23.0 Å². The van der Waals surface area contributed by atoms with Gasteiger partial charge >= 0.3 is 0 Å². The lowest BCUT2D eigenvalue weighted by molar-refractivity contribution is 0.111. The quantitative estimate of drug-likeness (QED) is 0.252. The van der Waals surface area contributed by atoms with Crippen molar-refractivity contribution in [3.05, 3.63) is 112 Å². The van der Waals surface area contributed by atoms with Crippen molar-refractivity contribution in [1.82, 2.24) is 4.98 Å². The summed E-state index contributed by atoms with van der Waals surface area (Å²) in [6, 6.07) is 18.1. The van der Waals surface area contributed by atoms with Crippen molar-refractivity contribution in [1.29, 1.82) is 5.26 Å². The van der Waals surface area contributed by atoms with E-state index < -0.39 is 12.3 Å². The van der Waals surface area contributed by atoms with Crippen molar-refractivity contribution in [2.75, 3.05) is 0 Å². The molecule has 37 heavy (non-hydrogen) atoms. The lowest BCUT2D eigenvalue weighted by Gasteiger charge is -2.20. The Balaban J connectivity index is 1.44. The molecule has 2 atom stereocenters. The molecule has 0 spiro atoms. The number of benzene rings is 3. The normalized spacial score (nSPS) is 16.1. The molecule has 1 aromatic heterocycles. The molecule has 0 radical (unpaired) electrons. The molecule has 0 amide bonds. The van der Waals surface area contributed by atoms with Gasteiger partial charge in [0.25, 0.3) is 0 Å². The number of pyridine rings is 1. The van der Waals surface area contributed by atoms with E-state index in [2.05, 4.69) is 4.98 Å². The van der Waals surface area contributed by atoms with Crippen LogP contribution in [0.2, 0.25) is 5.02 Å². The summed E-state index contributed by atoms with van der Waals surface area (Å²) in [5.74, 6) is -0.0612. The van der Waals surface area contributed by atoms with Gasteiger partial charge in [0.2, 0.25) is 0 Å². The van der Waals surface area contributed by atoms with Crippen LogP contribution in [0.25, 0.3) is 11.1 Å². The third kappa shape index (κ3) is 4.89. The van der Waals surface area contributed by atoms with E-state index in [1.807, 2.05) is 6.07 Å².